The van der Waals surface area contributed by atoms with Gasteiger partial charge >= 0.3 is 0 Å². The van der Waals surface area contributed by atoms with Gasteiger partial charge in [-0.1, -0.05) is 78.4 Å². The molecule has 0 saturated heterocycles. The van der Waals surface area contributed by atoms with Gasteiger partial charge in [-0.15, -0.1) is 0 Å². The Balaban J connectivity index is 1.53. The van der Waals surface area contributed by atoms with E-state index in [-0.39, 0.29) is 12.2 Å². The van der Waals surface area contributed by atoms with Crippen LogP contribution in [0, 0.1) is 20.8 Å². The zero-order chi connectivity index (χ0) is 24.0. The van der Waals surface area contributed by atoms with Gasteiger partial charge in [0.2, 0.25) is 0 Å². The molecule has 1 atom stereocenters. The number of carbonyl (C=O) groups excluding carboxylic acids is 2. The van der Waals surface area contributed by atoms with Crippen LogP contribution in [0.3, 0.4) is 0 Å². The van der Waals surface area contributed by atoms with Gasteiger partial charge in [-0.2, -0.15) is 0 Å². The second-order valence-electron chi connectivity index (χ2n) is 9.28. The minimum absolute atomic E-state index is 0.229. The Kier molecular flexibility index (Phi) is 5.34. The summed E-state index contributed by atoms with van der Waals surface area (Å²) < 4.78 is 0. The van der Waals surface area contributed by atoms with Crippen LogP contribution in [0.4, 0.5) is 5.69 Å². The lowest BCUT2D eigenvalue weighted by atomic mass is 9.85. The number of benzene rings is 4. The fourth-order valence-corrected chi connectivity index (χ4v) is 5.38. The normalized spacial score (nSPS) is 17.3. The van der Waals surface area contributed by atoms with Crippen LogP contribution in [0.15, 0.2) is 78.9 Å². The smallest absolute Gasteiger partial charge is 0.264 e. The minimum Gasteiger partial charge on any atom is -0.375 e. The highest BCUT2D eigenvalue weighted by Crippen LogP contribution is 2.44. The van der Waals surface area contributed by atoms with E-state index in [0.29, 0.717) is 23.4 Å². The molecular formula is C30H27NO3. The largest absolute Gasteiger partial charge is 0.375 e. The number of para-hydroxylation sites is 1. The summed E-state index contributed by atoms with van der Waals surface area (Å²) in [5.41, 5.74) is 3.59. The number of Topliss-reactive ketones (excluding diaryl/α,β-unsaturated/α-hetero) is 1. The second kappa shape index (κ2) is 8.23. The number of aryl methyl sites for hydroxylation is 3. The predicted octanol–water partition coefficient (Wildman–Crippen LogP) is 5.77. The Hall–Kier alpha value is -3.76. The summed E-state index contributed by atoms with van der Waals surface area (Å²) in [6.45, 7) is 6.10. The van der Waals surface area contributed by atoms with Crippen LogP contribution in [-0.2, 0) is 16.9 Å². The molecule has 170 valence electrons. The number of anilines is 1. The maximum atomic E-state index is 13.7. The number of ketones is 1. The second-order valence-corrected chi connectivity index (χ2v) is 9.28. The van der Waals surface area contributed by atoms with E-state index in [9.17, 15) is 14.7 Å². The number of aliphatic hydroxyl groups is 1. The summed E-state index contributed by atoms with van der Waals surface area (Å²) in [4.78, 5) is 28.8. The topological polar surface area (TPSA) is 57.6 Å². The number of fused-ring (bicyclic) bond motifs is 2. The molecule has 0 bridgehead atoms. The highest BCUT2D eigenvalue weighted by molar-refractivity contribution is 6.11. The van der Waals surface area contributed by atoms with E-state index in [0.717, 1.165) is 33.0 Å². The van der Waals surface area contributed by atoms with Crippen LogP contribution < -0.4 is 4.90 Å². The zero-order valence-electron chi connectivity index (χ0n) is 19.6. The van der Waals surface area contributed by atoms with E-state index in [4.69, 9.17) is 0 Å². The number of hydrogen-bond acceptors (Lipinski definition) is 3. The van der Waals surface area contributed by atoms with E-state index in [2.05, 4.69) is 0 Å². The lowest BCUT2D eigenvalue weighted by Crippen LogP contribution is -2.41. The summed E-state index contributed by atoms with van der Waals surface area (Å²) in [6, 6.07) is 25.2. The van der Waals surface area contributed by atoms with Crippen molar-refractivity contribution in [3.63, 3.8) is 0 Å². The Labute approximate surface area is 199 Å². The van der Waals surface area contributed by atoms with Crippen molar-refractivity contribution in [2.45, 2.75) is 39.3 Å². The van der Waals surface area contributed by atoms with Crippen molar-refractivity contribution < 1.29 is 14.7 Å². The standard InChI is InChI=1S/C30H27NO3/c1-19-15-20(2)28(21(3)16-19)27(32)17-30(34)25-13-6-7-14-26(25)31(29(30)33)18-23-11-8-10-22-9-4-5-12-24(22)23/h4-16,34H,17-18H2,1-3H3. The van der Waals surface area contributed by atoms with Crippen LogP contribution in [0.1, 0.15) is 44.6 Å². The lowest BCUT2D eigenvalue weighted by molar-refractivity contribution is -0.136. The van der Waals surface area contributed by atoms with Gasteiger partial charge in [0.05, 0.1) is 18.7 Å². The Bertz CT molecular complexity index is 1430. The van der Waals surface area contributed by atoms with Crippen molar-refractivity contribution in [1.29, 1.82) is 0 Å². The molecule has 4 nitrogen and oxygen atoms in total. The minimum atomic E-state index is -1.90. The molecule has 0 saturated carbocycles. The van der Waals surface area contributed by atoms with E-state index in [1.165, 1.54) is 0 Å². The first-order valence-electron chi connectivity index (χ1n) is 11.5. The predicted molar refractivity (Wildman–Crippen MR) is 135 cm³/mol. The molecule has 4 heteroatoms. The maximum Gasteiger partial charge on any atom is 0.264 e. The average Bonchev–Trinajstić information content (AvgIpc) is 3.00. The lowest BCUT2D eigenvalue weighted by Gasteiger charge is -2.24. The molecule has 4 aromatic carbocycles. The van der Waals surface area contributed by atoms with Gasteiger partial charge in [0, 0.05) is 11.1 Å². The molecule has 0 spiro atoms. The maximum absolute atomic E-state index is 13.7. The molecule has 0 fully saturated rings. The first-order valence-corrected chi connectivity index (χ1v) is 11.5. The molecule has 1 amide bonds. The van der Waals surface area contributed by atoms with Gasteiger partial charge in [-0.05, 0) is 54.3 Å². The monoisotopic (exact) mass is 449 g/mol. The first-order chi connectivity index (χ1) is 16.3. The van der Waals surface area contributed by atoms with Crippen LogP contribution in [-0.4, -0.2) is 16.8 Å². The van der Waals surface area contributed by atoms with Gasteiger partial charge in [-0.25, -0.2) is 0 Å². The molecular weight excluding hydrogens is 422 g/mol. The summed E-state index contributed by atoms with van der Waals surface area (Å²) in [6.07, 6.45) is -0.292. The molecule has 1 aliphatic heterocycles. The fraction of sp³-hybridized carbons (Fsp3) is 0.200. The van der Waals surface area contributed by atoms with Gasteiger partial charge in [0.1, 0.15) is 0 Å². The summed E-state index contributed by atoms with van der Waals surface area (Å²) in [5.74, 6) is -0.690. The van der Waals surface area contributed by atoms with Crippen molar-refractivity contribution in [1.82, 2.24) is 0 Å². The molecule has 0 aliphatic carbocycles. The summed E-state index contributed by atoms with van der Waals surface area (Å²) in [5, 5.41) is 13.9. The van der Waals surface area contributed by atoms with Crippen molar-refractivity contribution in [2.24, 2.45) is 0 Å². The molecule has 0 radical (unpaired) electrons. The molecule has 5 rings (SSSR count). The average molecular weight is 450 g/mol. The van der Waals surface area contributed by atoms with Crippen LogP contribution in [0.5, 0.6) is 0 Å². The van der Waals surface area contributed by atoms with Crippen LogP contribution in [0.2, 0.25) is 0 Å². The highest BCUT2D eigenvalue weighted by atomic mass is 16.3. The zero-order valence-corrected chi connectivity index (χ0v) is 19.6. The third kappa shape index (κ3) is 3.51. The molecule has 0 aromatic heterocycles. The fourth-order valence-electron chi connectivity index (χ4n) is 5.38. The third-order valence-corrected chi connectivity index (χ3v) is 6.82. The van der Waals surface area contributed by atoms with Gasteiger partial charge in [-0.3, -0.25) is 9.59 Å². The number of hydrogen-bond donors (Lipinski definition) is 1. The van der Waals surface area contributed by atoms with Crippen molar-refractivity contribution >= 4 is 28.2 Å². The third-order valence-electron chi connectivity index (χ3n) is 6.82. The molecule has 4 aromatic rings. The van der Waals surface area contributed by atoms with Gasteiger partial charge in [0.25, 0.3) is 5.91 Å². The highest BCUT2D eigenvalue weighted by Gasteiger charge is 2.51. The Morgan fingerprint density at radius 2 is 1.53 bits per heavy atom. The first kappa shape index (κ1) is 22.1. The number of nitrogens with zero attached hydrogens (tertiary/aromatic N) is 1. The number of rotatable bonds is 5. The van der Waals surface area contributed by atoms with Crippen LogP contribution >= 0.6 is 0 Å². The van der Waals surface area contributed by atoms with Crippen molar-refractivity contribution in [3.8, 4) is 0 Å². The van der Waals surface area contributed by atoms with E-state index >= 15 is 0 Å². The van der Waals surface area contributed by atoms with Gasteiger partial charge < -0.3 is 10.0 Å². The van der Waals surface area contributed by atoms with E-state index in [1.807, 2.05) is 87.5 Å². The molecule has 1 unspecified atom stereocenters. The quantitative estimate of drug-likeness (QED) is 0.393. The molecule has 1 aliphatic rings. The molecule has 1 N–H and O–H groups in total. The Morgan fingerprint density at radius 3 is 2.29 bits per heavy atom. The summed E-state index contributed by atoms with van der Waals surface area (Å²) in [7, 11) is 0. The number of carbonyl (C=O) groups is 2. The molecule has 34 heavy (non-hydrogen) atoms. The van der Waals surface area contributed by atoms with Crippen molar-refractivity contribution in [2.75, 3.05) is 4.90 Å². The molecule has 1 heterocycles. The SMILES string of the molecule is Cc1cc(C)c(C(=O)CC2(O)C(=O)N(Cc3cccc4ccccc34)c3ccccc32)c(C)c1. The van der Waals surface area contributed by atoms with Crippen molar-refractivity contribution in [3.05, 3.63) is 112 Å². The summed E-state index contributed by atoms with van der Waals surface area (Å²) >= 11 is 0. The van der Waals surface area contributed by atoms with E-state index < -0.39 is 11.5 Å². The number of amides is 1. The van der Waals surface area contributed by atoms with Gasteiger partial charge in [0.15, 0.2) is 11.4 Å². The van der Waals surface area contributed by atoms with Crippen LogP contribution in [0.25, 0.3) is 10.8 Å². The Morgan fingerprint density at radius 1 is 0.882 bits per heavy atom. The van der Waals surface area contributed by atoms with E-state index in [1.54, 1.807) is 17.0 Å².